The highest BCUT2D eigenvalue weighted by molar-refractivity contribution is 8.19. The molecule has 4 aliphatic rings. The summed E-state index contributed by atoms with van der Waals surface area (Å²) >= 11 is 7.21. The summed E-state index contributed by atoms with van der Waals surface area (Å²) in [6.07, 6.45) is -2.75. The summed E-state index contributed by atoms with van der Waals surface area (Å²) in [6.45, 7) is 26.3. The lowest BCUT2D eigenvalue weighted by Gasteiger charge is -2.41. The molecular weight excluding hydrogens is 1520 g/mol. The summed E-state index contributed by atoms with van der Waals surface area (Å²) in [6, 6.07) is 33.0. The van der Waals surface area contributed by atoms with Gasteiger partial charge in [-0.2, -0.15) is 0 Å². The zero-order valence-corrected chi connectivity index (χ0v) is 70.3. The maximum absolute atomic E-state index is 14.2. The molecule has 4 saturated heterocycles. The number of hydrogen-bond acceptors (Lipinski definition) is 22. The zero-order valence-electron chi connectivity index (χ0n) is 66.2. The minimum absolute atomic E-state index is 0. The van der Waals surface area contributed by atoms with Crippen molar-refractivity contribution in [3.8, 4) is 0 Å². The number of amides is 7. The number of halogens is 1. The third kappa shape index (κ3) is 30.7. The lowest BCUT2D eigenvalue weighted by atomic mass is 9.85. The Hall–Kier alpha value is -5.90. The zero-order chi connectivity index (χ0) is 80.7. The molecule has 10 atom stereocenters. The number of aliphatic hydroxyl groups excluding tert-OH is 5. The number of ether oxygens (including phenoxy) is 2. The van der Waals surface area contributed by atoms with Crippen LogP contribution in [0.1, 0.15) is 190 Å². The summed E-state index contributed by atoms with van der Waals surface area (Å²) < 4.78 is 10.4. The number of nitrogens with zero attached hydrogens (tertiary/aromatic N) is 2. The second-order valence-electron chi connectivity index (χ2n) is 32.3. The van der Waals surface area contributed by atoms with Crippen molar-refractivity contribution in [2.24, 2.45) is 16.6 Å². The molecule has 4 heterocycles. The largest absolute Gasteiger partial charge is 0.444 e. The van der Waals surface area contributed by atoms with Gasteiger partial charge in [-0.1, -0.05) is 197 Å². The van der Waals surface area contributed by atoms with Crippen LogP contribution in [0.25, 0.3) is 0 Å². The van der Waals surface area contributed by atoms with Crippen LogP contribution in [0.2, 0.25) is 0 Å². The Labute approximate surface area is 681 Å². The van der Waals surface area contributed by atoms with Gasteiger partial charge in [0.1, 0.15) is 29.8 Å². The first-order valence-electron chi connectivity index (χ1n) is 37.7. The van der Waals surface area contributed by atoms with Gasteiger partial charge in [-0.25, -0.2) is 9.59 Å². The monoisotopic (exact) mass is 1640 g/mol. The Balaban J connectivity index is 0.000000384. The topological polar surface area (TPSA) is 376 Å². The van der Waals surface area contributed by atoms with E-state index in [0.717, 1.165) is 64.5 Å². The van der Waals surface area contributed by atoms with Crippen LogP contribution in [0.15, 0.2) is 121 Å². The van der Waals surface area contributed by atoms with Gasteiger partial charge in [0.05, 0.1) is 63.5 Å². The van der Waals surface area contributed by atoms with Crippen LogP contribution < -0.4 is 43.0 Å². The number of alkyl carbamates (subject to hydrolysis) is 2. The number of likely N-dealkylation sites (tertiary alicyclic amines) is 2. The van der Waals surface area contributed by atoms with Crippen molar-refractivity contribution in [1.29, 1.82) is 0 Å². The number of nitrogens with two attached hydrogens (primary N) is 1. The van der Waals surface area contributed by atoms with Crippen molar-refractivity contribution >= 4 is 101 Å². The van der Waals surface area contributed by atoms with Gasteiger partial charge in [-0.15, -0.1) is 59.5 Å². The molecule has 0 radical (unpaired) electrons. The van der Waals surface area contributed by atoms with Gasteiger partial charge in [-0.3, -0.25) is 33.8 Å². The van der Waals surface area contributed by atoms with Gasteiger partial charge >= 0.3 is 12.2 Å². The highest BCUT2D eigenvalue weighted by Gasteiger charge is 2.55. The Kier molecular flexibility index (Phi) is 39.4. The maximum Gasteiger partial charge on any atom is 0.408 e. The lowest BCUT2D eigenvalue weighted by molar-refractivity contribution is -0.138. The minimum atomic E-state index is -1.64. The highest BCUT2D eigenvalue weighted by Crippen LogP contribution is 2.53. The third-order valence-corrected chi connectivity index (χ3v) is 25.4. The first-order valence-corrected chi connectivity index (χ1v) is 41.7. The first kappa shape index (κ1) is 97.5. The third-order valence-electron chi connectivity index (χ3n) is 18.7. The summed E-state index contributed by atoms with van der Waals surface area (Å²) in [7, 11) is 0. The number of nitrogens with one attached hydrogen (secondary N) is 7. The van der Waals surface area contributed by atoms with Crippen LogP contribution >= 0.6 is 59.5 Å². The smallest absolute Gasteiger partial charge is 0.408 e. The average molecular weight is 1640 g/mol. The molecule has 7 amide bonds. The number of thioether (sulfide) groups is 4. The van der Waals surface area contributed by atoms with Gasteiger partial charge in [0, 0.05) is 19.1 Å². The van der Waals surface area contributed by atoms with Crippen LogP contribution in [0.5, 0.6) is 0 Å². The van der Waals surface area contributed by atoms with Crippen LogP contribution in [-0.2, 0) is 33.4 Å². The molecule has 4 fully saturated rings. The van der Waals surface area contributed by atoms with Gasteiger partial charge in [0.15, 0.2) is 12.4 Å². The van der Waals surface area contributed by atoms with E-state index in [4.69, 9.17) is 15.2 Å². The Morgan fingerprint density at radius 1 is 0.495 bits per heavy atom. The molecule has 2 spiro atoms. The predicted octanol–water partition coefficient (Wildman–Crippen LogP) is 9.30. The molecule has 0 aromatic heterocycles. The molecule has 0 bridgehead atoms. The second-order valence-corrected chi connectivity index (χ2v) is 38.7. The molecular formula is C81H127ClN10O15S4. The fraction of sp³-hybridized carbons (Fsp3) is 0.617. The fourth-order valence-electron chi connectivity index (χ4n) is 13.3. The maximum atomic E-state index is 14.2. The van der Waals surface area contributed by atoms with Crippen LogP contribution in [-0.4, -0.2) is 218 Å². The van der Waals surface area contributed by atoms with E-state index in [0.29, 0.717) is 45.2 Å². The van der Waals surface area contributed by atoms with Gasteiger partial charge in [0.2, 0.25) is 17.7 Å². The van der Waals surface area contributed by atoms with Gasteiger partial charge in [0.25, 0.3) is 11.8 Å². The van der Waals surface area contributed by atoms with Gasteiger partial charge < -0.3 is 83.1 Å². The second kappa shape index (κ2) is 44.8. The molecule has 25 nitrogen and oxygen atoms in total. The summed E-state index contributed by atoms with van der Waals surface area (Å²) in [5, 5.41) is 83.9. The number of carbonyl (C=O) groups excluding carboxylic acids is 7. The number of rotatable bonds is 27. The number of benzene rings is 4. The molecule has 4 aliphatic heterocycles. The van der Waals surface area contributed by atoms with Crippen LogP contribution in [0.4, 0.5) is 9.59 Å². The van der Waals surface area contributed by atoms with Crippen LogP contribution in [0, 0.1) is 10.8 Å². The first-order chi connectivity index (χ1) is 51.2. The minimum Gasteiger partial charge on any atom is -0.444 e. The summed E-state index contributed by atoms with van der Waals surface area (Å²) in [5.74, 6) is 1.26. The number of carbonyl (C=O) groups is 7. The van der Waals surface area contributed by atoms with E-state index in [1.807, 2.05) is 200 Å². The molecule has 8 rings (SSSR count). The molecule has 4 aromatic carbocycles. The van der Waals surface area contributed by atoms with Gasteiger partial charge in [-0.05, 0) is 136 Å². The quantitative estimate of drug-likeness (QED) is 0.0247. The molecule has 0 aliphatic carbocycles. The van der Waals surface area contributed by atoms with Crippen LogP contribution in [0.3, 0.4) is 0 Å². The Morgan fingerprint density at radius 3 is 1.18 bits per heavy atom. The van der Waals surface area contributed by atoms with E-state index < -0.39 is 131 Å². The normalized spacial score (nSPS) is 19.2. The highest BCUT2D eigenvalue weighted by atomic mass is 35.5. The Morgan fingerprint density at radius 2 is 0.838 bits per heavy atom. The molecule has 8 unspecified atom stereocenters. The predicted molar refractivity (Wildman–Crippen MR) is 448 cm³/mol. The summed E-state index contributed by atoms with van der Waals surface area (Å²) in [5.41, 5.74) is 6.91. The Bertz CT molecular complexity index is 3420. The van der Waals surface area contributed by atoms with Crippen molar-refractivity contribution < 1.29 is 73.7 Å². The fourth-order valence-corrected chi connectivity index (χ4v) is 20.0. The van der Waals surface area contributed by atoms with Crippen molar-refractivity contribution in [2.75, 3.05) is 49.2 Å². The molecule has 4 aromatic rings. The molecule has 111 heavy (non-hydrogen) atoms. The number of aliphatic hydroxyl groups is 6. The van der Waals surface area contributed by atoms with E-state index in [-0.39, 0.29) is 53.0 Å². The lowest BCUT2D eigenvalue weighted by Crippen LogP contribution is -2.61. The van der Waals surface area contributed by atoms with E-state index in [1.54, 1.807) is 74.9 Å². The molecule has 622 valence electrons. The van der Waals surface area contributed by atoms with Crippen molar-refractivity contribution in [2.45, 2.75) is 254 Å². The van der Waals surface area contributed by atoms with E-state index in [1.165, 1.54) is 0 Å². The molecule has 15 N–H and O–H groups in total. The molecule has 30 heteroatoms. The summed E-state index contributed by atoms with van der Waals surface area (Å²) in [4.78, 5) is 93.8. The standard InChI is InChI=1S/C40H59N5O7S2.C21H27N3O3.C19H36N2O5S2.CH4.ClH/c1-8-16-28(32(47)35(49)41-24-30(46)43-31(26-17-11-9-12-18-26)27-19-13-10-14-20-27)42-34(48)29-23-40(53-21-15-22-54-40)25-45(29)36(50)33(38(2,3)4)44-37(51)52-39(5,6)7;1-2-9-17(22)20(26)21(27)23-14-18(25)24-19(15-10-5-3-6-11-15)16-12-7-4-8-13-16;1-17(2,3)13(20-16(25)26-18(4,5)6)14(22)21-11-19(10-12(21)15(23)24)27-8-7-9-28-19;;/h9-14,17-20,28-29,31-33,36,47,50H,8,15-16,21-25H2,1-7H3,(H,41,49)(H,42,48)(H,43,46)(H,44,51);3-8,10-13,17,19-20,26H,2,9,14,22H2,1H3,(H,23,27)(H,24,25);12-15,22-24H,7-11H2,1-6H3,(H,20,25);1H4;1H/t28?,29?,32?,33?,36-;;12?,13?,14-;;/m1.1../s1. The average Bonchev–Trinajstić information content (AvgIpc) is 1.63. The van der Waals surface area contributed by atoms with E-state index >= 15 is 0 Å². The van der Waals surface area contributed by atoms with Crippen molar-refractivity contribution in [3.63, 3.8) is 0 Å². The molecule has 0 saturated carbocycles. The SMILES string of the molecule is C.CC(C)(C)OC(=O)NC([C@@H](O)N1CC2(CC1C(O)O)SCCCS2)C(C)(C)C.CCCC(N)C(O)C(=O)NCC(=O)NC(c1ccccc1)c1ccccc1.CCCC(NC(=O)C1CC2(CN1[C@H](O)C(NC(=O)OC(C)(C)C)C(C)(C)C)SCCCS2)C(O)C(=O)NCC(=O)NC(c1ccccc1)c1ccccc1.Cl. The van der Waals surface area contributed by atoms with E-state index in [2.05, 4.69) is 37.2 Å². The van der Waals surface area contributed by atoms with Crippen molar-refractivity contribution in [1.82, 2.24) is 47.0 Å². The van der Waals surface area contributed by atoms with Crippen molar-refractivity contribution in [3.05, 3.63) is 144 Å². The van der Waals surface area contributed by atoms with E-state index in [9.17, 15) is 64.2 Å². The number of hydrogen-bond donors (Lipinski definition) is 14.